The lowest BCUT2D eigenvalue weighted by atomic mass is 10.1. The van der Waals surface area contributed by atoms with Gasteiger partial charge in [0.1, 0.15) is 6.10 Å². The number of aromatic nitrogens is 2. The monoisotopic (exact) mass is 227 g/mol. The maximum Gasteiger partial charge on any atom is 0.220 e. The van der Waals surface area contributed by atoms with Crippen LogP contribution in [0.5, 0.6) is 0 Å². The van der Waals surface area contributed by atoms with E-state index in [1.54, 1.807) is 10.9 Å². The maximum atomic E-state index is 10.6. The number of hydrogen-bond donors (Lipinski definition) is 3. The second-order valence-corrected chi connectivity index (χ2v) is 3.72. The summed E-state index contributed by atoms with van der Waals surface area (Å²) >= 11 is 0. The molecule has 90 valence electrons. The molecule has 16 heavy (non-hydrogen) atoms. The van der Waals surface area contributed by atoms with Gasteiger partial charge in [-0.05, 0) is 6.42 Å². The summed E-state index contributed by atoms with van der Waals surface area (Å²) in [6.45, 7) is 2.76. The van der Waals surface area contributed by atoms with E-state index in [-0.39, 0.29) is 6.42 Å². The minimum absolute atomic E-state index is 0.264. The van der Waals surface area contributed by atoms with Crippen LogP contribution < -0.4 is 5.73 Å². The van der Waals surface area contributed by atoms with Gasteiger partial charge in [0, 0.05) is 18.3 Å². The summed E-state index contributed by atoms with van der Waals surface area (Å²) in [4.78, 5) is 10.6. The highest BCUT2D eigenvalue weighted by atomic mass is 16.3. The van der Waals surface area contributed by atoms with Crippen molar-refractivity contribution in [3.8, 4) is 0 Å². The van der Waals surface area contributed by atoms with E-state index in [2.05, 4.69) is 5.10 Å². The van der Waals surface area contributed by atoms with Crippen molar-refractivity contribution >= 4 is 5.91 Å². The Balaban J connectivity index is 2.64. The van der Waals surface area contributed by atoms with Crippen molar-refractivity contribution in [2.45, 2.75) is 38.5 Å². The normalized spacial score (nSPS) is 14.7. The van der Waals surface area contributed by atoms with Crippen molar-refractivity contribution in [1.82, 2.24) is 9.78 Å². The number of aliphatic hydroxyl groups is 2. The van der Waals surface area contributed by atoms with Gasteiger partial charge in [0.2, 0.25) is 5.91 Å². The van der Waals surface area contributed by atoms with Gasteiger partial charge in [-0.15, -0.1) is 0 Å². The van der Waals surface area contributed by atoms with Crippen LogP contribution in [0.2, 0.25) is 0 Å². The van der Waals surface area contributed by atoms with Gasteiger partial charge in [0.25, 0.3) is 0 Å². The molecule has 0 aromatic carbocycles. The van der Waals surface area contributed by atoms with Crippen LogP contribution in [-0.2, 0) is 11.3 Å². The molecule has 0 fully saturated rings. The highest BCUT2D eigenvalue weighted by Gasteiger charge is 2.21. The second-order valence-electron chi connectivity index (χ2n) is 3.72. The lowest BCUT2D eigenvalue weighted by Crippen LogP contribution is -2.25. The molecule has 6 nitrogen and oxygen atoms in total. The predicted molar refractivity (Wildman–Crippen MR) is 57.3 cm³/mol. The van der Waals surface area contributed by atoms with Gasteiger partial charge in [-0.3, -0.25) is 9.48 Å². The van der Waals surface area contributed by atoms with E-state index in [9.17, 15) is 15.0 Å². The zero-order chi connectivity index (χ0) is 12.1. The fraction of sp³-hybridized carbons (Fsp3) is 0.600. The molecule has 0 aliphatic heterocycles. The van der Waals surface area contributed by atoms with Crippen LogP contribution in [0.1, 0.15) is 31.4 Å². The Morgan fingerprint density at radius 3 is 2.88 bits per heavy atom. The summed E-state index contributed by atoms with van der Waals surface area (Å²) in [5.74, 6) is -0.646. The van der Waals surface area contributed by atoms with Gasteiger partial charge in [-0.1, -0.05) is 6.92 Å². The molecule has 0 saturated carbocycles. The number of aliphatic hydroxyl groups excluding tert-OH is 2. The Morgan fingerprint density at radius 1 is 1.62 bits per heavy atom. The lowest BCUT2D eigenvalue weighted by Gasteiger charge is -2.14. The number of nitrogens with two attached hydrogens (primary N) is 1. The Kier molecular flexibility index (Phi) is 4.45. The molecule has 0 spiro atoms. The van der Waals surface area contributed by atoms with Gasteiger partial charge in [0.15, 0.2) is 0 Å². The summed E-state index contributed by atoms with van der Waals surface area (Å²) < 4.78 is 1.68. The Labute approximate surface area is 93.7 Å². The van der Waals surface area contributed by atoms with Crippen molar-refractivity contribution in [2.75, 3.05) is 0 Å². The fourth-order valence-electron chi connectivity index (χ4n) is 1.42. The van der Waals surface area contributed by atoms with Crippen molar-refractivity contribution in [3.63, 3.8) is 0 Å². The van der Waals surface area contributed by atoms with Crippen molar-refractivity contribution in [2.24, 2.45) is 5.73 Å². The number of amides is 1. The number of hydrogen-bond acceptors (Lipinski definition) is 4. The van der Waals surface area contributed by atoms with E-state index in [1.807, 2.05) is 6.92 Å². The van der Waals surface area contributed by atoms with Crippen LogP contribution in [0, 0.1) is 0 Å². The average Bonchev–Trinajstić information content (AvgIpc) is 2.64. The first-order valence-electron chi connectivity index (χ1n) is 5.21. The quantitative estimate of drug-likeness (QED) is 0.613. The molecule has 0 bridgehead atoms. The van der Waals surface area contributed by atoms with Gasteiger partial charge < -0.3 is 15.9 Å². The molecule has 1 heterocycles. The highest BCUT2D eigenvalue weighted by molar-refractivity contribution is 5.74. The lowest BCUT2D eigenvalue weighted by molar-refractivity contribution is -0.121. The van der Waals surface area contributed by atoms with Gasteiger partial charge in [-0.25, -0.2) is 0 Å². The SMILES string of the molecule is CCCn1cc(C(O)C(O)CC(N)=O)cn1. The van der Waals surface area contributed by atoms with Gasteiger partial charge in [-0.2, -0.15) is 5.10 Å². The minimum Gasteiger partial charge on any atom is -0.390 e. The van der Waals surface area contributed by atoms with Crippen LogP contribution >= 0.6 is 0 Å². The summed E-state index contributed by atoms with van der Waals surface area (Å²) in [7, 11) is 0. The van der Waals surface area contributed by atoms with Gasteiger partial charge >= 0.3 is 0 Å². The van der Waals surface area contributed by atoms with Crippen LogP contribution in [0.4, 0.5) is 0 Å². The van der Waals surface area contributed by atoms with Crippen LogP contribution in [0.15, 0.2) is 12.4 Å². The third-order valence-electron chi connectivity index (χ3n) is 2.22. The van der Waals surface area contributed by atoms with Crippen molar-refractivity contribution < 1.29 is 15.0 Å². The molecule has 1 aromatic rings. The molecule has 6 heteroatoms. The highest BCUT2D eigenvalue weighted by Crippen LogP contribution is 2.18. The molecule has 0 aliphatic carbocycles. The molecular formula is C10H17N3O3. The summed E-state index contributed by atoms with van der Waals surface area (Å²) in [6.07, 6.45) is 1.49. The second kappa shape index (κ2) is 5.62. The molecule has 4 N–H and O–H groups in total. The van der Waals surface area contributed by atoms with Crippen LogP contribution in [-0.4, -0.2) is 32.0 Å². The average molecular weight is 227 g/mol. The number of aryl methyl sites for hydroxylation is 1. The largest absolute Gasteiger partial charge is 0.390 e. The van der Waals surface area contributed by atoms with Crippen molar-refractivity contribution in [3.05, 3.63) is 18.0 Å². The number of primary amides is 1. The Morgan fingerprint density at radius 2 is 2.31 bits per heavy atom. The van der Waals surface area contributed by atoms with Crippen LogP contribution in [0.25, 0.3) is 0 Å². The van der Waals surface area contributed by atoms with Crippen LogP contribution in [0.3, 0.4) is 0 Å². The summed E-state index contributed by atoms with van der Waals surface area (Å²) in [5, 5.41) is 23.2. The summed E-state index contributed by atoms with van der Waals surface area (Å²) in [5.41, 5.74) is 5.42. The summed E-state index contributed by atoms with van der Waals surface area (Å²) in [6, 6.07) is 0. The molecule has 0 radical (unpaired) electrons. The first-order chi connectivity index (χ1) is 7.54. The third-order valence-corrected chi connectivity index (χ3v) is 2.22. The molecule has 1 rings (SSSR count). The Hall–Kier alpha value is -1.40. The molecule has 1 aromatic heterocycles. The molecule has 0 saturated heterocycles. The number of nitrogens with zero attached hydrogens (tertiary/aromatic N) is 2. The zero-order valence-electron chi connectivity index (χ0n) is 9.21. The molecule has 2 unspecified atom stereocenters. The first kappa shape index (κ1) is 12.7. The number of rotatable bonds is 6. The van der Waals surface area contributed by atoms with Gasteiger partial charge in [0.05, 0.1) is 18.7 Å². The molecular weight excluding hydrogens is 210 g/mol. The van der Waals surface area contributed by atoms with E-state index in [4.69, 9.17) is 5.73 Å². The number of carbonyl (C=O) groups excluding carboxylic acids is 1. The topological polar surface area (TPSA) is 101 Å². The fourth-order valence-corrected chi connectivity index (χ4v) is 1.42. The molecule has 0 aliphatic rings. The number of carbonyl (C=O) groups is 1. The molecule has 1 amide bonds. The van der Waals surface area contributed by atoms with E-state index in [0.717, 1.165) is 13.0 Å². The minimum atomic E-state index is -1.18. The standard InChI is InChI=1S/C10H17N3O3/c1-2-3-13-6-7(5-12-13)10(16)8(14)4-9(11)15/h5-6,8,10,14,16H,2-4H2,1H3,(H2,11,15). The first-order valence-corrected chi connectivity index (χ1v) is 5.21. The predicted octanol–water partition coefficient (Wildman–Crippen LogP) is -0.437. The van der Waals surface area contributed by atoms with E-state index >= 15 is 0 Å². The third kappa shape index (κ3) is 3.32. The zero-order valence-corrected chi connectivity index (χ0v) is 9.21. The smallest absolute Gasteiger partial charge is 0.220 e. The van der Waals surface area contributed by atoms with Crippen molar-refractivity contribution in [1.29, 1.82) is 0 Å². The molecule has 2 atom stereocenters. The maximum absolute atomic E-state index is 10.6. The van der Waals surface area contributed by atoms with E-state index in [1.165, 1.54) is 6.20 Å². The van der Waals surface area contributed by atoms with E-state index < -0.39 is 18.1 Å². The van der Waals surface area contributed by atoms with E-state index in [0.29, 0.717) is 5.56 Å². The Bertz CT molecular complexity index is 351.